The summed E-state index contributed by atoms with van der Waals surface area (Å²) in [5.74, 6) is -0.949. The number of carbonyl (C=O) groups excluding carboxylic acids is 2. The van der Waals surface area contributed by atoms with E-state index in [1.165, 1.54) is 39.5 Å². The first kappa shape index (κ1) is 21.4. The standard InChI is InChI=1S/C18H20N2O7S/c1-20(26-3)28(23,24)14-8-6-7-13(11-14)18(22)27-12-17(21)19-15-9-4-5-10-16(15)25-2/h4-11H,12H2,1-3H3,(H,19,21). The molecule has 28 heavy (non-hydrogen) atoms. The van der Waals surface area contributed by atoms with Crippen LogP contribution in [0.4, 0.5) is 5.69 Å². The Kier molecular flexibility index (Phi) is 7.10. The Labute approximate surface area is 162 Å². The third-order valence-corrected chi connectivity index (χ3v) is 5.35. The predicted molar refractivity (Wildman–Crippen MR) is 100 cm³/mol. The highest BCUT2D eigenvalue weighted by Crippen LogP contribution is 2.23. The van der Waals surface area contributed by atoms with Crippen LogP contribution in [0.2, 0.25) is 0 Å². The van der Waals surface area contributed by atoms with Gasteiger partial charge in [-0.25, -0.2) is 13.2 Å². The van der Waals surface area contributed by atoms with Gasteiger partial charge < -0.3 is 14.8 Å². The Morgan fingerprint density at radius 2 is 1.79 bits per heavy atom. The molecule has 2 rings (SSSR count). The molecule has 0 spiro atoms. The third-order valence-electron chi connectivity index (χ3n) is 3.68. The maximum atomic E-state index is 12.2. The van der Waals surface area contributed by atoms with Crippen molar-refractivity contribution in [2.75, 3.05) is 33.2 Å². The number of hydrogen-bond donors (Lipinski definition) is 1. The van der Waals surface area contributed by atoms with Gasteiger partial charge in [0.05, 0.1) is 30.4 Å². The van der Waals surface area contributed by atoms with E-state index in [-0.39, 0.29) is 10.5 Å². The normalized spacial score (nSPS) is 11.1. The van der Waals surface area contributed by atoms with E-state index in [9.17, 15) is 18.0 Å². The fourth-order valence-corrected chi connectivity index (χ4v) is 3.20. The lowest BCUT2D eigenvalue weighted by Gasteiger charge is -2.14. The van der Waals surface area contributed by atoms with Gasteiger partial charge in [0, 0.05) is 7.05 Å². The summed E-state index contributed by atoms with van der Waals surface area (Å²) >= 11 is 0. The van der Waals surface area contributed by atoms with Crippen molar-refractivity contribution in [3.05, 3.63) is 54.1 Å². The first-order chi connectivity index (χ1) is 13.3. The number of amides is 1. The van der Waals surface area contributed by atoms with Crippen LogP contribution in [0.1, 0.15) is 10.4 Å². The van der Waals surface area contributed by atoms with Crippen LogP contribution in [0.5, 0.6) is 5.75 Å². The molecule has 150 valence electrons. The molecule has 0 radical (unpaired) electrons. The number of anilines is 1. The van der Waals surface area contributed by atoms with Crippen molar-refractivity contribution >= 4 is 27.6 Å². The number of carbonyl (C=O) groups is 2. The lowest BCUT2D eigenvalue weighted by atomic mass is 10.2. The van der Waals surface area contributed by atoms with Gasteiger partial charge in [-0.05, 0) is 30.3 Å². The molecular formula is C18H20N2O7S. The zero-order valence-corrected chi connectivity index (χ0v) is 16.4. The summed E-state index contributed by atoms with van der Waals surface area (Å²) in [7, 11) is -0.0201. The molecule has 0 fully saturated rings. The van der Waals surface area contributed by atoms with Crippen LogP contribution < -0.4 is 10.1 Å². The highest BCUT2D eigenvalue weighted by Gasteiger charge is 2.22. The average molecular weight is 408 g/mol. The number of hydrogen-bond acceptors (Lipinski definition) is 7. The number of para-hydroxylation sites is 2. The summed E-state index contributed by atoms with van der Waals surface area (Å²) in [4.78, 5) is 28.7. The van der Waals surface area contributed by atoms with Gasteiger partial charge in [-0.1, -0.05) is 22.7 Å². The molecule has 0 heterocycles. The molecule has 0 bridgehead atoms. The van der Waals surface area contributed by atoms with E-state index >= 15 is 0 Å². The zero-order chi connectivity index (χ0) is 20.7. The SMILES string of the molecule is COc1ccccc1NC(=O)COC(=O)c1cccc(S(=O)(=O)N(C)OC)c1. The highest BCUT2D eigenvalue weighted by atomic mass is 32.2. The molecule has 1 N–H and O–H groups in total. The van der Waals surface area contributed by atoms with Gasteiger partial charge in [0.25, 0.3) is 15.9 Å². The van der Waals surface area contributed by atoms with Crippen molar-refractivity contribution in [2.45, 2.75) is 4.90 Å². The molecule has 2 aromatic rings. The number of nitrogens with one attached hydrogen (secondary N) is 1. The zero-order valence-electron chi connectivity index (χ0n) is 15.5. The van der Waals surface area contributed by atoms with Crippen molar-refractivity contribution in [3.63, 3.8) is 0 Å². The van der Waals surface area contributed by atoms with Gasteiger partial charge in [-0.15, -0.1) is 0 Å². The summed E-state index contributed by atoms with van der Waals surface area (Å²) in [5, 5.41) is 2.57. The van der Waals surface area contributed by atoms with Gasteiger partial charge in [-0.3, -0.25) is 9.63 Å². The molecule has 0 saturated heterocycles. The summed E-state index contributed by atoms with van der Waals surface area (Å²) in [6.45, 7) is -0.550. The topological polar surface area (TPSA) is 111 Å². The second-order valence-corrected chi connectivity index (χ2v) is 7.39. The molecule has 0 aliphatic rings. The first-order valence-corrected chi connectivity index (χ1v) is 9.46. The van der Waals surface area contributed by atoms with Crippen LogP contribution in [-0.2, 0) is 24.4 Å². The Morgan fingerprint density at radius 3 is 2.46 bits per heavy atom. The van der Waals surface area contributed by atoms with Crippen molar-refractivity contribution < 1.29 is 32.3 Å². The van der Waals surface area contributed by atoms with Gasteiger partial charge in [0.15, 0.2) is 6.61 Å². The minimum Gasteiger partial charge on any atom is -0.495 e. The van der Waals surface area contributed by atoms with E-state index in [1.54, 1.807) is 24.3 Å². The van der Waals surface area contributed by atoms with E-state index in [0.717, 1.165) is 6.07 Å². The quantitative estimate of drug-likeness (QED) is 0.522. The van der Waals surface area contributed by atoms with Crippen molar-refractivity contribution in [1.82, 2.24) is 4.47 Å². The van der Waals surface area contributed by atoms with Crippen LogP contribution in [0.3, 0.4) is 0 Å². The van der Waals surface area contributed by atoms with Crippen molar-refractivity contribution in [2.24, 2.45) is 0 Å². The number of ether oxygens (including phenoxy) is 2. The monoisotopic (exact) mass is 408 g/mol. The predicted octanol–water partition coefficient (Wildman–Crippen LogP) is 1.67. The number of methoxy groups -OCH3 is 1. The molecule has 1 amide bonds. The summed E-state index contributed by atoms with van der Waals surface area (Å²) < 4.78 is 35.2. The molecule has 0 aliphatic carbocycles. The van der Waals surface area contributed by atoms with E-state index in [0.29, 0.717) is 15.9 Å². The highest BCUT2D eigenvalue weighted by molar-refractivity contribution is 7.89. The number of esters is 1. The Morgan fingerprint density at radius 1 is 1.07 bits per heavy atom. The van der Waals surface area contributed by atoms with Crippen LogP contribution in [-0.4, -0.2) is 52.6 Å². The van der Waals surface area contributed by atoms with Gasteiger partial charge in [0.2, 0.25) is 0 Å². The molecule has 0 atom stereocenters. The summed E-state index contributed by atoms with van der Waals surface area (Å²) in [6, 6.07) is 12.0. The maximum absolute atomic E-state index is 12.2. The number of nitrogens with zero attached hydrogens (tertiary/aromatic N) is 1. The number of sulfonamides is 1. The Bertz CT molecular complexity index is 960. The molecular weight excluding hydrogens is 388 g/mol. The molecule has 10 heteroatoms. The van der Waals surface area contributed by atoms with Crippen molar-refractivity contribution in [3.8, 4) is 5.75 Å². The van der Waals surface area contributed by atoms with Crippen LogP contribution in [0.25, 0.3) is 0 Å². The lowest BCUT2D eigenvalue weighted by Crippen LogP contribution is -2.26. The number of benzene rings is 2. The van der Waals surface area contributed by atoms with Crippen molar-refractivity contribution in [1.29, 1.82) is 0 Å². The van der Waals surface area contributed by atoms with Crippen LogP contribution in [0.15, 0.2) is 53.4 Å². The number of hydroxylamine groups is 1. The molecule has 9 nitrogen and oxygen atoms in total. The Hall–Kier alpha value is -2.95. The molecule has 2 aromatic carbocycles. The first-order valence-electron chi connectivity index (χ1n) is 8.02. The molecule has 0 aliphatic heterocycles. The lowest BCUT2D eigenvalue weighted by molar-refractivity contribution is -0.119. The second-order valence-electron chi connectivity index (χ2n) is 5.45. The van der Waals surface area contributed by atoms with Gasteiger partial charge in [0.1, 0.15) is 5.75 Å². The molecule has 0 aromatic heterocycles. The molecule has 0 saturated carbocycles. The van der Waals surface area contributed by atoms with Crippen LogP contribution in [0, 0.1) is 0 Å². The van der Waals surface area contributed by atoms with Crippen LogP contribution >= 0.6 is 0 Å². The van der Waals surface area contributed by atoms with E-state index < -0.39 is 28.5 Å². The fourth-order valence-electron chi connectivity index (χ4n) is 2.18. The maximum Gasteiger partial charge on any atom is 0.338 e. The minimum atomic E-state index is -3.91. The fraction of sp³-hybridized carbons (Fsp3) is 0.222. The summed E-state index contributed by atoms with van der Waals surface area (Å²) in [6.07, 6.45) is 0. The van der Waals surface area contributed by atoms with Gasteiger partial charge in [-0.2, -0.15) is 0 Å². The van der Waals surface area contributed by atoms with E-state index in [4.69, 9.17) is 14.3 Å². The van der Waals surface area contributed by atoms with E-state index in [1.807, 2.05) is 0 Å². The minimum absolute atomic E-state index is 0.0179. The third kappa shape index (κ3) is 5.06. The van der Waals surface area contributed by atoms with E-state index in [2.05, 4.69) is 5.32 Å². The smallest absolute Gasteiger partial charge is 0.338 e. The Balaban J connectivity index is 2.03. The van der Waals surface area contributed by atoms with Gasteiger partial charge >= 0.3 is 5.97 Å². The number of rotatable bonds is 8. The average Bonchev–Trinajstić information content (AvgIpc) is 2.71. The summed E-state index contributed by atoms with van der Waals surface area (Å²) in [5.41, 5.74) is 0.414. The largest absolute Gasteiger partial charge is 0.495 e. The molecule has 0 unspecified atom stereocenters. The second kappa shape index (κ2) is 9.31.